The molecule has 1 aliphatic rings. The molecular formula is C25H26FN3O3. The summed E-state index contributed by atoms with van der Waals surface area (Å²) < 4.78 is 24.8. The average molecular weight is 435 g/mol. The third kappa shape index (κ3) is 5.23. The summed E-state index contributed by atoms with van der Waals surface area (Å²) in [5.41, 5.74) is 2.69. The van der Waals surface area contributed by atoms with Crippen molar-refractivity contribution in [3.05, 3.63) is 89.5 Å². The van der Waals surface area contributed by atoms with Gasteiger partial charge in [-0.3, -0.25) is 14.7 Å². The number of fused-ring (bicyclic) bond motifs is 1. The molecule has 1 aromatic heterocycles. The third-order valence-corrected chi connectivity index (χ3v) is 5.43. The van der Waals surface area contributed by atoms with Crippen molar-refractivity contribution < 1.29 is 18.7 Å². The summed E-state index contributed by atoms with van der Waals surface area (Å²) in [5, 5.41) is 3.10. The van der Waals surface area contributed by atoms with E-state index in [-0.39, 0.29) is 24.4 Å². The minimum absolute atomic E-state index is 0.0794. The Morgan fingerprint density at radius 2 is 1.91 bits per heavy atom. The maximum Gasteiger partial charge on any atom is 0.234 e. The molecule has 2 unspecified atom stereocenters. The van der Waals surface area contributed by atoms with E-state index in [1.807, 2.05) is 37.3 Å². The molecule has 0 bridgehead atoms. The van der Waals surface area contributed by atoms with Gasteiger partial charge in [-0.25, -0.2) is 4.39 Å². The van der Waals surface area contributed by atoms with Gasteiger partial charge in [0, 0.05) is 37.1 Å². The summed E-state index contributed by atoms with van der Waals surface area (Å²) in [5.74, 6) is 1.07. The summed E-state index contributed by atoms with van der Waals surface area (Å²) in [7, 11) is 1.62. The first kappa shape index (κ1) is 21.8. The van der Waals surface area contributed by atoms with E-state index in [1.165, 1.54) is 12.1 Å². The molecule has 1 amide bonds. The molecule has 7 heteroatoms. The van der Waals surface area contributed by atoms with E-state index in [0.29, 0.717) is 13.1 Å². The van der Waals surface area contributed by atoms with Gasteiger partial charge in [-0.1, -0.05) is 18.2 Å². The number of rotatable bonds is 6. The highest BCUT2D eigenvalue weighted by atomic mass is 19.1. The largest absolute Gasteiger partial charge is 0.497 e. The molecule has 2 atom stereocenters. The van der Waals surface area contributed by atoms with Crippen LogP contribution < -0.4 is 14.8 Å². The molecule has 1 N–H and O–H groups in total. The number of halogens is 1. The molecule has 0 fully saturated rings. The van der Waals surface area contributed by atoms with Crippen molar-refractivity contribution in [2.45, 2.75) is 25.6 Å². The summed E-state index contributed by atoms with van der Waals surface area (Å²) >= 11 is 0. The predicted molar refractivity (Wildman–Crippen MR) is 119 cm³/mol. The molecule has 2 aromatic carbocycles. The molecule has 3 aromatic rings. The molecule has 2 heterocycles. The number of benzene rings is 2. The fourth-order valence-electron chi connectivity index (χ4n) is 3.93. The van der Waals surface area contributed by atoms with Gasteiger partial charge < -0.3 is 14.8 Å². The second-order valence-corrected chi connectivity index (χ2v) is 7.90. The summed E-state index contributed by atoms with van der Waals surface area (Å²) in [6, 6.07) is 15.2. The number of amides is 1. The molecule has 32 heavy (non-hydrogen) atoms. The lowest BCUT2D eigenvalue weighted by Crippen LogP contribution is -2.41. The van der Waals surface area contributed by atoms with Crippen LogP contribution in [0.2, 0.25) is 0 Å². The first-order chi connectivity index (χ1) is 15.5. The van der Waals surface area contributed by atoms with Gasteiger partial charge in [0.25, 0.3) is 0 Å². The van der Waals surface area contributed by atoms with E-state index in [4.69, 9.17) is 9.47 Å². The topological polar surface area (TPSA) is 63.7 Å². The predicted octanol–water partition coefficient (Wildman–Crippen LogP) is 3.72. The Kier molecular flexibility index (Phi) is 6.66. The number of nitrogens with zero attached hydrogens (tertiary/aromatic N) is 2. The van der Waals surface area contributed by atoms with Crippen LogP contribution in [0.4, 0.5) is 4.39 Å². The quantitative estimate of drug-likeness (QED) is 0.640. The van der Waals surface area contributed by atoms with Crippen LogP contribution in [-0.4, -0.2) is 42.1 Å². The Labute approximate surface area is 187 Å². The smallest absolute Gasteiger partial charge is 0.234 e. The maximum absolute atomic E-state index is 13.4. The number of carbonyl (C=O) groups excluding carboxylic acids is 1. The SMILES string of the molecule is COc1ccc2c(c1)OC(C)CN(CC(=O)NC(c1ccncc1)c1ccc(F)cc1)C2. The van der Waals surface area contributed by atoms with Crippen LogP contribution in [0.25, 0.3) is 0 Å². The Morgan fingerprint density at radius 1 is 1.19 bits per heavy atom. The number of ether oxygens (including phenoxy) is 2. The first-order valence-electron chi connectivity index (χ1n) is 10.5. The summed E-state index contributed by atoms with van der Waals surface area (Å²) in [6.07, 6.45) is 3.28. The molecule has 4 rings (SSSR count). The number of hydrogen-bond acceptors (Lipinski definition) is 5. The van der Waals surface area contributed by atoms with E-state index in [1.54, 1.807) is 31.6 Å². The monoisotopic (exact) mass is 435 g/mol. The van der Waals surface area contributed by atoms with E-state index in [0.717, 1.165) is 28.2 Å². The van der Waals surface area contributed by atoms with E-state index in [9.17, 15) is 9.18 Å². The molecule has 6 nitrogen and oxygen atoms in total. The highest BCUT2D eigenvalue weighted by Gasteiger charge is 2.24. The van der Waals surface area contributed by atoms with E-state index in [2.05, 4.69) is 15.2 Å². The van der Waals surface area contributed by atoms with Gasteiger partial charge in [-0.15, -0.1) is 0 Å². The highest BCUT2D eigenvalue weighted by Crippen LogP contribution is 2.29. The van der Waals surface area contributed by atoms with E-state index < -0.39 is 6.04 Å². The van der Waals surface area contributed by atoms with Crippen LogP contribution in [0.15, 0.2) is 67.0 Å². The Bertz CT molecular complexity index is 1060. The second-order valence-electron chi connectivity index (χ2n) is 7.90. The van der Waals surface area contributed by atoms with Crippen LogP contribution in [0.3, 0.4) is 0 Å². The minimum atomic E-state index is -0.400. The van der Waals surface area contributed by atoms with Crippen molar-refractivity contribution in [3.8, 4) is 11.5 Å². The zero-order valence-corrected chi connectivity index (χ0v) is 18.1. The van der Waals surface area contributed by atoms with Gasteiger partial charge >= 0.3 is 0 Å². The van der Waals surface area contributed by atoms with Gasteiger partial charge in [0.15, 0.2) is 0 Å². The van der Waals surface area contributed by atoms with Gasteiger partial charge in [-0.05, 0) is 48.4 Å². The molecule has 0 saturated carbocycles. The number of hydrogen-bond donors (Lipinski definition) is 1. The Morgan fingerprint density at radius 3 is 2.62 bits per heavy atom. The molecular weight excluding hydrogens is 409 g/mol. The van der Waals surface area contributed by atoms with Crippen molar-refractivity contribution in [1.29, 1.82) is 0 Å². The maximum atomic E-state index is 13.4. The van der Waals surface area contributed by atoms with Crippen LogP contribution in [-0.2, 0) is 11.3 Å². The fourth-order valence-corrected chi connectivity index (χ4v) is 3.93. The number of methoxy groups -OCH3 is 1. The van der Waals surface area contributed by atoms with Gasteiger partial charge in [0.2, 0.25) is 5.91 Å². The molecule has 0 saturated heterocycles. The van der Waals surface area contributed by atoms with Gasteiger partial charge in [0.05, 0.1) is 19.7 Å². The van der Waals surface area contributed by atoms with Crippen LogP contribution >= 0.6 is 0 Å². The van der Waals surface area contributed by atoms with Crippen molar-refractivity contribution in [1.82, 2.24) is 15.2 Å². The first-order valence-corrected chi connectivity index (χ1v) is 10.5. The zero-order valence-electron chi connectivity index (χ0n) is 18.1. The molecule has 0 spiro atoms. The average Bonchev–Trinajstić information content (AvgIpc) is 2.95. The molecule has 0 aliphatic carbocycles. The standard InChI is InChI=1S/C25H26FN3O3/c1-17-14-29(15-20-5-8-22(31-2)13-23(20)32-17)16-24(30)28-25(19-9-11-27-12-10-19)18-3-6-21(26)7-4-18/h3-13,17,25H,14-16H2,1-2H3,(H,28,30). The van der Waals surface area contributed by atoms with Crippen molar-refractivity contribution in [2.75, 3.05) is 20.2 Å². The van der Waals surface area contributed by atoms with Crippen LogP contribution in [0.5, 0.6) is 11.5 Å². The number of pyridine rings is 1. The lowest BCUT2D eigenvalue weighted by Gasteiger charge is -2.24. The third-order valence-electron chi connectivity index (χ3n) is 5.43. The highest BCUT2D eigenvalue weighted by molar-refractivity contribution is 5.79. The fraction of sp³-hybridized carbons (Fsp3) is 0.280. The number of carbonyl (C=O) groups is 1. The number of aromatic nitrogens is 1. The lowest BCUT2D eigenvalue weighted by molar-refractivity contribution is -0.123. The Balaban J connectivity index is 1.50. The summed E-state index contributed by atoms with van der Waals surface area (Å²) in [6.45, 7) is 3.40. The zero-order chi connectivity index (χ0) is 22.5. The normalized spacial score (nSPS) is 16.9. The van der Waals surface area contributed by atoms with Crippen molar-refractivity contribution in [3.63, 3.8) is 0 Å². The summed E-state index contributed by atoms with van der Waals surface area (Å²) in [4.78, 5) is 19.2. The minimum Gasteiger partial charge on any atom is -0.497 e. The number of nitrogens with one attached hydrogen (secondary N) is 1. The van der Waals surface area contributed by atoms with Gasteiger partial charge in [0.1, 0.15) is 23.4 Å². The lowest BCUT2D eigenvalue weighted by atomic mass is 9.99. The molecule has 0 radical (unpaired) electrons. The van der Waals surface area contributed by atoms with E-state index >= 15 is 0 Å². The molecule has 1 aliphatic heterocycles. The second kappa shape index (κ2) is 9.78. The van der Waals surface area contributed by atoms with Crippen molar-refractivity contribution in [2.24, 2.45) is 0 Å². The van der Waals surface area contributed by atoms with Crippen molar-refractivity contribution >= 4 is 5.91 Å². The Hall–Kier alpha value is -3.45. The molecule has 166 valence electrons. The van der Waals surface area contributed by atoms with Crippen LogP contribution in [0.1, 0.15) is 29.7 Å². The van der Waals surface area contributed by atoms with Gasteiger partial charge in [-0.2, -0.15) is 0 Å². The van der Waals surface area contributed by atoms with Crippen LogP contribution in [0, 0.1) is 5.82 Å².